The van der Waals surface area contributed by atoms with Crippen LogP contribution in [-0.2, 0) is 0 Å². The average molecular weight is 153 g/mol. The highest BCUT2D eigenvalue weighted by Gasteiger charge is 1.92. The number of anilines is 2. The van der Waals surface area contributed by atoms with Crippen LogP contribution >= 0.6 is 0 Å². The predicted molar refractivity (Wildman–Crippen MR) is 44.0 cm³/mol. The Morgan fingerprint density at radius 3 is 3.00 bits per heavy atom. The lowest BCUT2D eigenvalue weighted by molar-refractivity contribution is 0.991. The minimum absolute atomic E-state index is 0.458. The number of hydrogen-bond acceptors (Lipinski definition) is 5. The summed E-state index contributed by atoms with van der Waals surface area (Å²) in [4.78, 5) is 7.83. The Bertz CT molecular complexity index is 224. The van der Waals surface area contributed by atoms with Gasteiger partial charge in [-0.2, -0.15) is 4.98 Å². The summed E-state index contributed by atoms with van der Waals surface area (Å²) in [7, 11) is 0. The van der Waals surface area contributed by atoms with Gasteiger partial charge in [0.2, 0.25) is 5.95 Å². The van der Waals surface area contributed by atoms with E-state index in [9.17, 15) is 0 Å². The van der Waals surface area contributed by atoms with Gasteiger partial charge < -0.3 is 16.8 Å². The molecule has 0 aliphatic rings. The molecule has 1 heterocycles. The van der Waals surface area contributed by atoms with E-state index in [0.29, 0.717) is 24.9 Å². The third kappa shape index (κ3) is 2.38. The van der Waals surface area contributed by atoms with Crippen LogP contribution in [0.25, 0.3) is 0 Å². The second-order valence-corrected chi connectivity index (χ2v) is 2.02. The lowest BCUT2D eigenvalue weighted by Gasteiger charge is -2.01. The first kappa shape index (κ1) is 7.74. The molecule has 0 bridgehead atoms. The molecular weight excluding hydrogens is 142 g/mol. The van der Waals surface area contributed by atoms with E-state index in [1.165, 1.54) is 0 Å². The van der Waals surface area contributed by atoms with Gasteiger partial charge in [0, 0.05) is 19.3 Å². The van der Waals surface area contributed by atoms with Crippen molar-refractivity contribution >= 4 is 11.8 Å². The molecule has 1 rings (SSSR count). The Morgan fingerprint density at radius 2 is 2.36 bits per heavy atom. The summed E-state index contributed by atoms with van der Waals surface area (Å²) in [6.45, 7) is 1.21. The summed E-state index contributed by atoms with van der Waals surface area (Å²) in [6, 6.07) is 1.63. The van der Waals surface area contributed by atoms with E-state index in [2.05, 4.69) is 15.3 Å². The molecule has 0 atom stereocenters. The van der Waals surface area contributed by atoms with Crippen LogP contribution in [0.5, 0.6) is 0 Å². The van der Waals surface area contributed by atoms with Crippen LogP contribution in [0.2, 0.25) is 0 Å². The highest BCUT2D eigenvalue weighted by atomic mass is 15.1. The molecule has 11 heavy (non-hydrogen) atoms. The standard InChI is InChI=1S/C6H11N5/c7-2-4-10-6-9-3-1-5(8)11-6/h1,3H,2,4,7H2,(H3,8,9,10,11). The third-order valence-electron chi connectivity index (χ3n) is 1.10. The topological polar surface area (TPSA) is 89.8 Å². The zero-order valence-electron chi connectivity index (χ0n) is 6.12. The first-order valence-electron chi connectivity index (χ1n) is 3.35. The normalized spacial score (nSPS) is 9.55. The van der Waals surface area contributed by atoms with Crippen LogP contribution in [0.3, 0.4) is 0 Å². The highest BCUT2D eigenvalue weighted by molar-refractivity contribution is 5.34. The van der Waals surface area contributed by atoms with Gasteiger partial charge in [-0.25, -0.2) is 4.98 Å². The largest absolute Gasteiger partial charge is 0.384 e. The van der Waals surface area contributed by atoms with Crippen LogP contribution < -0.4 is 16.8 Å². The lowest BCUT2D eigenvalue weighted by Crippen LogP contribution is -2.14. The summed E-state index contributed by atoms with van der Waals surface area (Å²) in [5.41, 5.74) is 10.7. The van der Waals surface area contributed by atoms with E-state index in [4.69, 9.17) is 11.5 Å². The molecule has 0 saturated heterocycles. The Balaban J connectivity index is 2.56. The molecule has 5 heteroatoms. The SMILES string of the molecule is NCCNc1nccc(N)n1. The van der Waals surface area contributed by atoms with Crippen molar-refractivity contribution in [3.63, 3.8) is 0 Å². The highest BCUT2D eigenvalue weighted by Crippen LogP contribution is 1.99. The number of nitrogens with one attached hydrogen (secondary N) is 1. The van der Waals surface area contributed by atoms with Gasteiger partial charge in [-0.05, 0) is 6.07 Å². The zero-order valence-corrected chi connectivity index (χ0v) is 6.12. The van der Waals surface area contributed by atoms with E-state index < -0.39 is 0 Å². The molecule has 0 aromatic carbocycles. The number of nitrogens with two attached hydrogens (primary N) is 2. The Morgan fingerprint density at radius 1 is 1.55 bits per heavy atom. The smallest absolute Gasteiger partial charge is 0.224 e. The summed E-state index contributed by atoms with van der Waals surface area (Å²) in [5.74, 6) is 0.981. The Kier molecular flexibility index (Phi) is 2.62. The molecule has 60 valence electrons. The fraction of sp³-hybridized carbons (Fsp3) is 0.333. The van der Waals surface area contributed by atoms with E-state index in [1.807, 2.05) is 0 Å². The summed E-state index contributed by atoms with van der Waals surface area (Å²) >= 11 is 0. The van der Waals surface area contributed by atoms with Crippen molar-refractivity contribution in [1.29, 1.82) is 0 Å². The van der Waals surface area contributed by atoms with Crippen LogP contribution in [0.4, 0.5) is 11.8 Å². The van der Waals surface area contributed by atoms with Gasteiger partial charge in [0.1, 0.15) is 5.82 Å². The number of rotatable bonds is 3. The fourth-order valence-corrected chi connectivity index (χ4v) is 0.642. The number of nitrogen functional groups attached to an aromatic ring is 1. The minimum atomic E-state index is 0.458. The molecule has 5 nitrogen and oxygen atoms in total. The average Bonchev–Trinajstić information content (AvgIpc) is 2.01. The summed E-state index contributed by atoms with van der Waals surface area (Å²) < 4.78 is 0. The van der Waals surface area contributed by atoms with Gasteiger partial charge in [0.05, 0.1) is 0 Å². The molecule has 0 amide bonds. The van der Waals surface area contributed by atoms with Crippen molar-refractivity contribution < 1.29 is 0 Å². The van der Waals surface area contributed by atoms with Gasteiger partial charge in [-0.1, -0.05) is 0 Å². The van der Waals surface area contributed by atoms with Crippen molar-refractivity contribution in [2.45, 2.75) is 0 Å². The number of nitrogens with zero attached hydrogens (tertiary/aromatic N) is 2. The first-order chi connectivity index (χ1) is 5.33. The van der Waals surface area contributed by atoms with Crippen molar-refractivity contribution in [2.24, 2.45) is 5.73 Å². The molecule has 0 unspecified atom stereocenters. The maximum atomic E-state index is 5.41. The third-order valence-corrected chi connectivity index (χ3v) is 1.10. The summed E-state index contributed by atoms with van der Waals surface area (Å²) in [6.07, 6.45) is 1.60. The summed E-state index contributed by atoms with van der Waals surface area (Å²) in [5, 5.41) is 2.91. The van der Waals surface area contributed by atoms with Gasteiger partial charge in [0.15, 0.2) is 0 Å². The van der Waals surface area contributed by atoms with Crippen LogP contribution in [-0.4, -0.2) is 23.1 Å². The Hall–Kier alpha value is -1.36. The van der Waals surface area contributed by atoms with Crippen molar-refractivity contribution in [3.05, 3.63) is 12.3 Å². The second kappa shape index (κ2) is 3.72. The van der Waals surface area contributed by atoms with Gasteiger partial charge in [0.25, 0.3) is 0 Å². The number of hydrogen-bond donors (Lipinski definition) is 3. The molecule has 0 fully saturated rings. The molecule has 0 spiro atoms. The minimum Gasteiger partial charge on any atom is -0.384 e. The van der Waals surface area contributed by atoms with Crippen molar-refractivity contribution in [1.82, 2.24) is 9.97 Å². The molecule has 1 aromatic heterocycles. The van der Waals surface area contributed by atoms with Crippen LogP contribution in [0, 0.1) is 0 Å². The molecule has 1 aromatic rings. The van der Waals surface area contributed by atoms with E-state index in [-0.39, 0.29) is 0 Å². The van der Waals surface area contributed by atoms with Crippen molar-refractivity contribution in [2.75, 3.05) is 24.1 Å². The maximum absolute atomic E-state index is 5.41. The lowest BCUT2D eigenvalue weighted by atomic mass is 10.6. The predicted octanol–water partition coefficient (Wildman–Crippen LogP) is -0.571. The monoisotopic (exact) mass is 153 g/mol. The van der Waals surface area contributed by atoms with Crippen LogP contribution in [0.1, 0.15) is 0 Å². The molecule has 0 aliphatic carbocycles. The fourth-order valence-electron chi connectivity index (χ4n) is 0.642. The first-order valence-corrected chi connectivity index (χ1v) is 3.35. The van der Waals surface area contributed by atoms with E-state index in [1.54, 1.807) is 12.3 Å². The van der Waals surface area contributed by atoms with Crippen molar-refractivity contribution in [3.8, 4) is 0 Å². The molecule has 5 N–H and O–H groups in total. The van der Waals surface area contributed by atoms with Gasteiger partial charge in [-0.3, -0.25) is 0 Å². The molecular formula is C6H11N5. The molecule has 0 radical (unpaired) electrons. The number of aromatic nitrogens is 2. The van der Waals surface area contributed by atoms with Gasteiger partial charge in [-0.15, -0.1) is 0 Å². The molecule has 0 aliphatic heterocycles. The van der Waals surface area contributed by atoms with E-state index >= 15 is 0 Å². The quantitative estimate of drug-likeness (QED) is 0.541. The second-order valence-electron chi connectivity index (χ2n) is 2.02. The van der Waals surface area contributed by atoms with Gasteiger partial charge >= 0.3 is 0 Å². The van der Waals surface area contributed by atoms with E-state index in [0.717, 1.165) is 0 Å². The zero-order chi connectivity index (χ0) is 8.10. The maximum Gasteiger partial charge on any atom is 0.224 e. The Labute approximate surface area is 64.8 Å². The van der Waals surface area contributed by atoms with Crippen LogP contribution in [0.15, 0.2) is 12.3 Å². The molecule has 0 saturated carbocycles.